The van der Waals surface area contributed by atoms with Crippen molar-refractivity contribution in [2.75, 3.05) is 11.4 Å². The average Bonchev–Trinajstić information content (AvgIpc) is 2.98. The number of nitrogens with zero attached hydrogens (tertiary/aromatic N) is 3. The highest BCUT2D eigenvalue weighted by Gasteiger charge is 2.27. The lowest BCUT2D eigenvalue weighted by atomic mass is 10.0. The van der Waals surface area contributed by atoms with Gasteiger partial charge < -0.3 is 4.90 Å². The molecule has 1 aliphatic rings. The Hall–Kier alpha value is -2.33. The van der Waals surface area contributed by atoms with Gasteiger partial charge in [0.05, 0.1) is 5.69 Å². The van der Waals surface area contributed by atoms with E-state index in [0.29, 0.717) is 22.8 Å². The number of fused-ring (bicyclic) bond motifs is 2. The third kappa shape index (κ3) is 2.38. The molecule has 1 aromatic carbocycles. The molecule has 0 aliphatic carbocycles. The Morgan fingerprint density at radius 2 is 2.12 bits per heavy atom. The van der Waals surface area contributed by atoms with Crippen LogP contribution in [0.25, 0.3) is 5.65 Å². The molecule has 0 saturated heterocycles. The molecule has 0 bridgehead atoms. The third-order valence-electron chi connectivity index (χ3n) is 4.55. The zero-order chi connectivity index (χ0) is 16.7. The molecule has 0 N–H and O–H groups in total. The molecule has 1 amide bonds. The summed E-state index contributed by atoms with van der Waals surface area (Å²) in [5.41, 5.74) is 4.41. The molecular formula is C19H18ClN3O. The van der Waals surface area contributed by atoms with E-state index in [2.05, 4.69) is 11.1 Å². The van der Waals surface area contributed by atoms with E-state index in [-0.39, 0.29) is 5.91 Å². The Morgan fingerprint density at radius 1 is 1.29 bits per heavy atom. The highest BCUT2D eigenvalue weighted by Crippen LogP contribution is 2.29. The number of imidazole rings is 1. The summed E-state index contributed by atoms with van der Waals surface area (Å²) in [6.45, 7) is 2.75. The second-order valence-corrected chi connectivity index (χ2v) is 6.46. The van der Waals surface area contributed by atoms with Gasteiger partial charge >= 0.3 is 0 Å². The molecule has 4 nitrogen and oxygen atoms in total. The van der Waals surface area contributed by atoms with Crippen LogP contribution in [0.1, 0.15) is 35.1 Å². The van der Waals surface area contributed by atoms with Crippen LogP contribution in [-0.4, -0.2) is 21.8 Å². The first-order valence-corrected chi connectivity index (χ1v) is 8.63. The number of carbonyl (C=O) groups is 1. The summed E-state index contributed by atoms with van der Waals surface area (Å²) in [7, 11) is 0. The van der Waals surface area contributed by atoms with E-state index in [0.717, 1.165) is 30.8 Å². The quantitative estimate of drug-likeness (QED) is 0.703. The molecule has 24 heavy (non-hydrogen) atoms. The minimum Gasteiger partial charge on any atom is -0.307 e. The maximum atomic E-state index is 13.3. The molecule has 0 spiro atoms. The Balaban J connectivity index is 1.85. The molecule has 3 aromatic rings. The summed E-state index contributed by atoms with van der Waals surface area (Å²) in [5, 5.41) is 0.623. The summed E-state index contributed by atoms with van der Waals surface area (Å²) in [6.07, 6.45) is 4.53. The fourth-order valence-corrected chi connectivity index (χ4v) is 3.57. The molecule has 0 atom stereocenters. The van der Waals surface area contributed by atoms with Gasteiger partial charge in [0.1, 0.15) is 11.3 Å². The van der Waals surface area contributed by atoms with Crippen LogP contribution in [0.5, 0.6) is 0 Å². The van der Waals surface area contributed by atoms with E-state index in [4.69, 9.17) is 11.6 Å². The fraction of sp³-hybridized carbons (Fsp3) is 0.263. The maximum absolute atomic E-state index is 13.3. The van der Waals surface area contributed by atoms with Crippen molar-refractivity contribution in [1.29, 1.82) is 0 Å². The van der Waals surface area contributed by atoms with Crippen molar-refractivity contribution in [2.45, 2.75) is 26.2 Å². The van der Waals surface area contributed by atoms with E-state index < -0.39 is 0 Å². The van der Waals surface area contributed by atoms with E-state index >= 15 is 0 Å². The predicted molar refractivity (Wildman–Crippen MR) is 96.0 cm³/mol. The first-order chi connectivity index (χ1) is 11.7. The molecule has 0 unspecified atom stereocenters. The first-order valence-electron chi connectivity index (χ1n) is 8.25. The van der Waals surface area contributed by atoms with Gasteiger partial charge in [-0.25, -0.2) is 4.98 Å². The maximum Gasteiger partial charge on any atom is 0.277 e. The highest BCUT2D eigenvalue weighted by molar-refractivity contribution is 6.30. The van der Waals surface area contributed by atoms with Crippen LogP contribution in [-0.2, 0) is 12.8 Å². The van der Waals surface area contributed by atoms with Gasteiger partial charge in [-0.2, -0.15) is 0 Å². The summed E-state index contributed by atoms with van der Waals surface area (Å²) in [6, 6.07) is 11.7. The number of aromatic nitrogens is 2. The Labute approximate surface area is 145 Å². The van der Waals surface area contributed by atoms with Crippen molar-refractivity contribution in [3.8, 4) is 0 Å². The molecule has 122 valence electrons. The van der Waals surface area contributed by atoms with Crippen LogP contribution >= 0.6 is 11.6 Å². The highest BCUT2D eigenvalue weighted by atomic mass is 35.5. The first kappa shape index (κ1) is 15.2. The minimum absolute atomic E-state index is 0.00817. The molecule has 4 rings (SSSR count). The molecule has 1 aliphatic heterocycles. The smallest absolute Gasteiger partial charge is 0.277 e. The largest absolute Gasteiger partial charge is 0.307 e. The Kier molecular flexibility index (Phi) is 3.77. The number of aryl methyl sites for hydroxylation is 2. The lowest BCUT2D eigenvalue weighted by molar-refractivity contribution is 0.0978. The van der Waals surface area contributed by atoms with Gasteiger partial charge in [-0.1, -0.05) is 36.7 Å². The van der Waals surface area contributed by atoms with Crippen molar-refractivity contribution in [3.63, 3.8) is 0 Å². The molecule has 0 fully saturated rings. The van der Waals surface area contributed by atoms with Gasteiger partial charge in [0, 0.05) is 29.5 Å². The van der Waals surface area contributed by atoms with Gasteiger partial charge in [0.15, 0.2) is 0 Å². The van der Waals surface area contributed by atoms with Crippen LogP contribution in [0.3, 0.4) is 0 Å². The van der Waals surface area contributed by atoms with Gasteiger partial charge in [-0.15, -0.1) is 0 Å². The summed E-state index contributed by atoms with van der Waals surface area (Å²) < 4.78 is 1.85. The zero-order valence-corrected chi connectivity index (χ0v) is 14.3. The van der Waals surface area contributed by atoms with Crippen LogP contribution in [0.4, 0.5) is 5.69 Å². The standard InChI is InChI=1S/C19H18ClN3O/c1-2-15-18(23-11-9-14(20)12-17(23)21-15)19(24)22-10-5-7-13-6-3-4-8-16(13)22/h3-4,6,8-9,11-12H,2,5,7,10H2,1H3. The number of amides is 1. The number of halogens is 1. The molecule has 2 aromatic heterocycles. The van der Waals surface area contributed by atoms with Crippen LogP contribution in [0.2, 0.25) is 5.02 Å². The topological polar surface area (TPSA) is 37.6 Å². The van der Waals surface area contributed by atoms with Crippen LogP contribution in [0.15, 0.2) is 42.6 Å². The zero-order valence-electron chi connectivity index (χ0n) is 13.5. The van der Waals surface area contributed by atoms with E-state index in [1.165, 1.54) is 5.56 Å². The molecule has 3 heterocycles. The Morgan fingerprint density at radius 3 is 2.96 bits per heavy atom. The molecule has 5 heteroatoms. The molecular weight excluding hydrogens is 322 g/mol. The molecule has 0 radical (unpaired) electrons. The third-order valence-corrected chi connectivity index (χ3v) is 4.79. The summed E-state index contributed by atoms with van der Waals surface area (Å²) in [5.74, 6) is 0.00817. The fourth-order valence-electron chi connectivity index (χ4n) is 3.41. The second kappa shape index (κ2) is 5.95. The SMILES string of the molecule is CCc1nc2cc(Cl)ccn2c1C(=O)N1CCCc2ccccc21. The number of hydrogen-bond acceptors (Lipinski definition) is 2. The second-order valence-electron chi connectivity index (χ2n) is 6.02. The van der Waals surface area contributed by atoms with Gasteiger partial charge in [-0.05, 0) is 37.0 Å². The summed E-state index contributed by atoms with van der Waals surface area (Å²) >= 11 is 6.07. The van der Waals surface area contributed by atoms with Crippen molar-refractivity contribution >= 4 is 28.8 Å². The predicted octanol–water partition coefficient (Wildman–Crippen LogP) is 4.14. The number of anilines is 1. The van der Waals surface area contributed by atoms with Crippen LogP contribution < -0.4 is 4.90 Å². The van der Waals surface area contributed by atoms with E-state index in [9.17, 15) is 4.79 Å². The minimum atomic E-state index is 0.00817. The van der Waals surface area contributed by atoms with Crippen molar-refractivity contribution in [1.82, 2.24) is 9.38 Å². The van der Waals surface area contributed by atoms with E-state index in [1.807, 2.05) is 40.6 Å². The monoisotopic (exact) mass is 339 g/mol. The van der Waals surface area contributed by atoms with Crippen molar-refractivity contribution in [2.24, 2.45) is 0 Å². The van der Waals surface area contributed by atoms with Gasteiger partial charge in [-0.3, -0.25) is 9.20 Å². The van der Waals surface area contributed by atoms with Crippen molar-refractivity contribution in [3.05, 3.63) is 64.6 Å². The average molecular weight is 340 g/mol. The van der Waals surface area contributed by atoms with Crippen molar-refractivity contribution < 1.29 is 4.79 Å². The normalized spacial score (nSPS) is 14.0. The number of pyridine rings is 1. The lowest BCUT2D eigenvalue weighted by Crippen LogP contribution is -2.36. The number of carbonyl (C=O) groups excluding carboxylic acids is 1. The molecule has 0 saturated carbocycles. The van der Waals surface area contributed by atoms with Gasteiger partial charge in [0.25, 0.3) is 5.91 Å². The number of rotatable bonds is 2. The summed E-state index contributed by atoms with van der Waals surface area (Å²) in [4.78, 5) is 19.8. The Bertz CT molecular complexity index is 932. The van der Waals surface area contributed by atoms with Gasteiger partial charge in [0.2, 0.25) is 0 Å². The lowest BCUT2D eigenvalue weighted by Gasteiger charge is -2.29. The number of hydrogen-bond donors (Lipinski definition) is 0. The van der Waals surface area contributed by atoms with Crippen LogP contribution in [0, 0.1) is 0 Å². The van der Waals surface area contributed by atoms with E-state index in [1.54, 1.807) is 12.1 Å². The number of benzene rings is 1. The number of para-hydroxylation sites is 1.